The van der Waals surface area contributed by atoms with E-state index in [4.69, 9.17) is 11.6 Å². The second-order valence-corrected chi connectivity index (χ2v) is 5.68. The number of carbonyl (C=O) groups is 1. The molecule has 0 atom stereocenters. The molecule has 1 amide bonds. The highest BCUT2D eigenvalue weighted by atomic mass is 35.5. The molecule has 0 aliphatic carbocycles. The van der Waals surface area contributed by atoms with Crippen LogP contribution >= 0.6 is 22.9 Å². The highest BCUT2D eigenvalue weighted by Crippen LogP contribution is 2.22. The summed E-state index contributed by atoms with van der Waals surface area (Å²) in [7, 11) is 0. The van der Waals surface area contributed by atoms with Crippen molar-refractivity contribution in [3.8, 4) is 0 Å². The number of amides is 1. The maximum atomic E-state index is 12.1. The standard InChI is InChI=1S/C14H18ClN3OS/c1-3-5-8-17(4-2)12(19)7-6-11-13(15)16-14-18(11)9-10-20-14/h6-7,9-10H,3-5,8H2,1-2H3/b7-6+. The number of likely N-dealkylation sites (N-methyl/N-ethyl adjacent to an activating group) is 1. The third-order valence-electron chi connectivity index (χ3n) is 3.11. The van der Waals surface area contributed by atoms with Crippen LogP contribution in [-0.4, -0.2) is 33.3 Å². The fourth-order valence-corrected chi connectivity index (χ4v) is 2.96. The van der Waals surface area contributed by atoms with Crippen LogP contribution in [-0.2, 0) is 4.79 Å². The lowest BCUT2D eigenvalue weighted by molar-refractivity contribution is -0.125. The van der Waals surface area contributed by atoms with Gasteiger partial charge in [-0.15, -0.1) is 11.3 Å². The summed E-state index contributed by atoms with van der Waals surface area (Å²) in [6, 6.07) is 0. The number of hydrogen-bond donors (Lipinski definition) is 0. The molecule has 0 saturated heterocycles. The largest absolute Gasteiger partial charge is 0.339 e. The second-order valence-electron chi connectivity index (χ2n) is 4.45. The Morgan fingerprint density at radius 1 is 1.55 bits per heavy atom. The monoisotopic (exact) mass is 311 g/mol. The van der Waals surface area contributed by atoms with Gasteiger partial charge < -0.3 is 4.90 Å². The molecule has 0 radical (unpaired) electrons. The number of fused-ring (bicyclic) bond motifs is 1. The number of rotatable bonds is 6. The molecule has 0 N–H and O–H groups in total. The van der Waals surface area contributed by atoms with Crippen molar-refractivity contribution in [2.75, 3.05) is 13.1 Å². The molecular formula is C14H18ClN3OS. The van der Waals surface area contributed by atoms with E-state index in [9.17, 15) is 4.79 Å². The van der Waals surface area contributed by atoms with Gasteiger partial charge in [0.25, 0.3) is 0 Å². The van der Waals surface area contributed by atoms with Gasteiger partial charge in [-0.25, -0.2) is 4.98 Å². The van der Waals surface area contributed by atoms with Gasteiger partial charge >= 0.3 is 0 Å². The van der Waals surface area contributed by atoms with Crippen LogP contribution in [0.2, 0.25) is 5.15 Å². The fourth-order valence-electron chi connectivity index (χ4n) is 1.95. The predicted octanol–water partition coefficient (Wildman–Crippen LogP) is 3.71. The number of unbranched alkanes of at least 4 members (excludes halogenated alkanes) is 1. The van der Waals surface area contributed by atoms with Crippen LogP contribution < -0.4 is 0 Å². The van der Waals surface area contributed by atoms with Crippen molar-refractivity contribution < 1.29 is 4.79 Å². The number of halogens is 1. The van der Waals surface area contributed by atoms with Gasteiger partial charge in [-0.3, -0.25) is 9.20 Å². The quantitative estimate of drug-likeness (QED) is 0.763. The van der Waals surface area contributed by atoms with E-state index in [0.29, 0.717) is 5.15 Å². The molecule has 2 heterocycles. The highest BCUT2D eigenvalue weighted by Gasteiger charge is 2.11. The second kappa shape index (κ2) is 6.90. The van der Waals surface area contributed by atoms with Crippen LogP contribution in [0.5, 0.6) is 0 Å². The van der Waals surface area contributed by atoms with E-state index in [1.54, 1.807) is 12.2 Å². The Morgan fingerprint density at radius 2 is 2.35 bits per heavy atom. The molecule has 0 aromatic carbocycles. The molecule has 0 fully saturated rings. The van der Waals surface area contributed by atoms with Crippen LogP contribution in [0.4, 0.5) is 0 Å². The van der Waals surface area contributed by atoms with Gasteiger partial charge in [0.15, 0.2) is 10.1 Å². The summed E-state index contributed by atoms with van der Waals surface area (Å²) in [5.74, 6) is 0.0159. The minimum atomic E-state index is 0.0159. The summed E-state index contributed by atoms with van der Waals surface area (Å²) in [6.07, 6.45) is 7.32. The van der Waals surface area contributed by atoms with E-state index < -0.39 is 0 Å². The fraction of sp³-hybridized carbons (Fsp3) is 0.429. The Morgan fingerprint density at radius 3 is 3.05 bits per heavy atom. The first kappa shape index (κ1) is 15.1. The molecule has 0 unspecified atom stereocenters. The van der Waals surface area contributed by atoms with Crippen LogP contribution in [0.15, 0.2) is 17.7 Å². The Bertz CT molecular complexity index is 617. The van der Waals surface area contributed by atoms with Crippen molar-refractivity contribution in [3.05, 3.63) is 28.5 Å². The van der Waals surface area contributed by atoms with Crippen LogP contribution in [0, 0.1) is 0 Å². The zero-order chi connectivity index (χ0) is 14.5. The molecule has 2 aromatic heterocycles. The van der Waals surface area contributed by atoms with Crippen LogP contribution in [0.3, 0.4) is 0 Å². The van der Waals surface area contributed by atoms with Gasteiger partial charge in [-0.1, -0.05) is 24.9 Å². The van der Waals surface area contributed by atoms with E-state index in [1.807, 2.05) is 27.8 Å². The number of carbonyl (C=O) groups excluding carboxylic acids is 1. The van der Waals surface area contributed by atoms with Crippen molar-refractivity contribution in [1.29, 1.82) is 0 Å². The lowest BCUT2D eigenvalue weighted by atomic mass is 10.3. The molecule has 2 aromatic rings. The maximum Gasteiger partial charge on any atom is 0.246 e. The molecule has 0 saturated carbocycles. The number of thiazole rings is 1. The van der Waals surface area contributed by atoms with Gasteiger partial charge in [0.1, 0.15) is 0 Å². The Hall–Kier alpha value is -1.33. The molecule has 4 nitrogen and oxygen atoms in total. The maximum absolute atomic E-state index is 12.1. The molecule has 20 heavy (non-hydrogen) atoms. The lowest BCUT2D eigenvalue weighted by Gasteiger charge is -2.18. The SMILES string of the molecule is CCCCN(CC)C(=O)/C=C/c1c(Cl)nc2sccn12. The van der Waals surface area contributed by atoms with Gasteiger partial charge in [-0.05, 0) is 19.4 Å². The summed E-state index contributed by atoms with van der Waals surface area (Å²) >= 11 is 7.60. The molecule has 108 valence electrons. The summed E-state index contributed by atoms with van der Waals surface area (Å²) in [6.45, 7) is 5.62. The van der Waals surface area contributed by atoms with Crippen molar-refractivity contribution in [2.24, 2.45) is 0 Å². The van der Waals surface area contributed by atoms with Crippen LogP contribution in [0.25, 0.3) is 11.0 Å². The molecule has 0 aliphatic heterocycles. The first-order valence-corrected chi connectivity index (χ1v) is 8.01. The number of imidazole rings is 1. The van der Waals surface area contributed by atoms with E-state index in [0.717, 1.165) is 36.6 Å². The summed E-state index contributed by atoms with van der Waals surface area (Å²) in [5.41, 5.74) is 0.753. The third-order valence-corrected chi connectivity index (χ3v) is 4.15. The number of hydrogen-bond acceptors (Lipinski definition) is 3. The molecular weight excluding hydrogens is 294 g/mol. The van der Waals surface area contributed by atoms with Gasteiger partial charge in [0, 0.05) is 30.7 Å². The number of aromatic nitrogens is 2. The zero-order valence-corrected chi connectivity index (χ0v) is 13.2. The molecule has 6 heteroatoms. The zero-order valence-electron chi connectivity index (χ0n) is 11.7. The average molecular weight is 312 g/mol. The van der Waals surface area contributed by atoms with Crippen molar-refractivity contribution in [2.45, 2.75) is 26.7 Å². The van der Waals surface area contributed by atoms with E-state index in [1.165, 1.54) is 11.3 Å². The van der Waals surface area contributed by atoms with E-state index in [-0.39, 0.29) is 5.91 Å². The number of nitrogens with zero attached hydrogens (tertiary/aromatic N) is 3. The Balaban J connectivity index is 2.13. The average Bonchev–Trinajstić information content (AvgIpc) is 2.98. The smallest absolute Gasteiger partial charge is 0.246 e. The van der Waals surface area contributed by atoms with Crippen molar-refractivity contribution in [3.63, 3.8) is 0 Å². The molecule has 0 bridgehead atoms. The van der Waals surface area contributed by atoms with Crippen LogP contribution in [0.1, 0.15) is 32.4 Å². The van der Waals surface area contributed by atoms with Gasteiger partial charge in [-0.2, -0.15) is 0 Å². The van der Waals surface area contributed by atoms with Gasteiger partial charge in [0.05, 0.1) is 5.69 Å². The van der Waals surface area contributed by atoms with Crippen molar-refractivity contribution >= 4 is 39.9 Å². The minimum absolute atomic E-state index is 0.0159. The molecule has 0 spiro atoms. The predicted molar refractivity (Wildman–Crippen MR) is 84.3 cm³/mol. The normalized spacial score (nSPS) is 11.6. The third kappa shape index (κ3) is 3.22. The van der Waals surface area contributed by atoms with E-state index >= 15 is 0 Å². The summed E-state index contributed by atoms with van der Waals surface area (Å²) in [5, 5.41) is 2.37. The topological polar surface area (TPSA) is 37.6 Å². The summed E-state index contributed by atoms with van der Waals surface area (Å²) in [4.78, 5) is 19.0. The first-order valence-electron chi connectivity index (χ1n) is 6.75. The highest BCUT2D eigenvalue weighted by molar-refractivity contribution is 7.15. The van der Waals surface area contributed by atoms with Crippen molar-refractivity contribution in [1.82, 2.24) is 14.3 Å². The first-order chi connectivity index (χ1) is 9.67. The Labute approximate surface area is 127 Å². The molecule has 0 aliphatic rings. The Kier molecular flexibility index (Phi) is 5.20. The summed E-state index contributed by atoms with van der Waals surface area (Å²) < 4.78 is 1.89. The molecule has 2 rings (SSSR count). The van der Waals surface area contributed by atoms with E-state index in [2.05, 4.69) is 11.9 Å². The lowest BCUT2D eigenvalue weighted by Crippen LogP contribution is -2.30. The van der Waals surface area contributed by atoms with Gasteiger partial charge in [0.2, 0.25) is 5.91 Å². The minimum Gasteiger partial charge on any atom is -0.339 e.